The number of hydrogen-bond acceptors (Lipinski definition) is 3. The van der Waals surface area contributed by atoms with Crippen LogP contribution in [0.15, 0.2) is 4.99 Å². The van der Waals surface area contributed by atoms with Crippen molar-refractivity contribution in [2.45, 2.75) is 19.9 Å². The zero-order valence-electron chi connectivity index (χ0n) is 5.55. The molecule has 0 aromatic heterocycles. The number of ketones is 1. The molecule has 9 heavy (non-hydrogen) atoms. The molecule has 0 aromatic rings. The highest BCUT2D eigenvalue weighted by Crippen LogP contribution is 2.02. The molecule has 0 fully saturated rings. The van der Waals surface area contributed by atoms with Gasteiger partial charge in [-0.3, -0.25) is 4.79 Å². The Labute approximate surface area is 53.7 Å². The first kappa shape index (κ1) is 6.26. The van der Waals surface area contributed by atoms with Gasteiger partial charge in [-0.2, -0.15) is 0 Å². The molecule has 1 rings (SSSR count). The topological polar surface area (TPSA) is 38.7 Å². The van der Waals surface area contributed by atoms with Crippen molar-refractivity contribution >= 4 is 11.7 Å². The van der Waals surface area contributed by atoms with E-state index in [2.05, 4.69) is 4.99 Å². The van der Waals surface area contributed by atoms with Crippen molar-refractivity contribution < 1.29 is 9.53 Å². The van der Waals surface area contributed by atoms with E-state index in [-0.39, 0.29) is 17.7 Å². The van der Waals surface area contributed by atoms with Crippen molar-refractivity contribution in [3.05, 3.63) is 0 Å². The minimum Gasteiger partial charge on any atom is -0.473 e. The SMILES string of the molecule is CC(=O)C1=N[C@@H](C)CO1. The molecule has 0 spiro atoms. The Morgan fingerprint density at radius 2 is 2.56 bits per heavy atom. The molecule has 1 heterocycles. The summed E-state index contributed by atoms with van der Waals surface area (Å²) in [5.74, 6) is 0.196. The Hall–Kier alpha value is -0.860. The third kappa shape index (κ3) is 1.28. The number of carbonyl (C=O) groups is 1. The molecule has 0 bridgehead atoms. The van der Waals surface area contributed by atoms with Crippen LogP contribution in [0, 0.1) is 0 Å². The average molecular weight is 127 g/mol. The molecule has 0 N–H and O–H groups in total. The second kappa shape index (κ2) is 2.17. The number of rotatable bonds is 1. The average Bonchev–Trinajstić information content (AvgIpc) is 2.14. The highest BCUT2D eigenvalue weighted by Gasteiger charge is 2.16. The smallest absolute Gasteiger partial charge is 0.253 e. The molecule has 1 aliphatic rings. The quantitative estimate of drug-likeness (QED) is 0.511. The largest absolute Gasteiger partial charge is 0.473 e. The predicted molar refractivity (Wildman–Crippen MR) is 33.5 cm³/mol. The van der Waals surface area contributed by atoms with E-state index in [0.29, 0.717) is 6.61 Å². The molecule has 0 radical (unpaired) electrons. The van der Waals surface area contributed by atoms with E-state index in [9.17, 15) is 4.79 Å². The zero-order chi connectivity index (χ0) is 6.85. The highest BCUT2D eigenvalue weighted by molar-refractivity contribution is 6.35. The summed E-state index contributed by atoms with van der Waals surface area (Å²) in [5, 5.41) is 0. The van der Waals surface area contributed by atoms with E-state index in [1.54, 1.807) is 0 Å². The standard InChI is InChI=1S/C6H9NO2/c1-4-3-9-6(7-4)5(2)8/h4H,3H2,1-2H3/t4-/m0/s1. The molecule has 0 amide bonds. The van der Waals surface area contributed by atoms with Crippen molar-refractivity contribution in [3.63, 3.8) is 0 Å². The van der Waals surface area contributed by atoms with E-state index in [1.807, 2.05) is 6.92 Å². The molecule has 0 saturated heterocycles. The summed E-state index contributed by atoms with van der Waals surface area (Å²) in [6.07, 6.45) is 0. The molecule has 0 unspecified atom stereocenters. The molecule has 0 aromatic carbocycles. The lowest BCUT2D eigenvalue weighted by Crippen LogP contribution is -2.09. The minimum absolute atomic E-state index is 0.0839. The summed E-state index contributed by atoms with van der Waals surface area (Å²) in [4.78, 5) is 14.5. The third-order valence-corrected chi connectivity index (χ3v) is 1.10. The van der Waals surface area contributed by atoms with Gasteiger partial charge in [-0.1, -0.05) is 0 Å². The summed E-state index contributed by atoms with van der Waals surface area (Å²) in [6.45, 7) is 3.92. The maximum Gasteiger partial charge on any atom is 0.253 e. The predicted octanol–water partition coefficient (Wildman–Crippen LogP) is 0.393. The normalized spacial score (nSPS) is 25.1. The second-order valence-electron chi connectivity index (χ2n) is 2.15. The molecule has 1 aliphatic heterocycles. The van der Waals surface area contributed by atoms with Crippen LogP contribution in [0.25, 0.3) is 0 Å². The van der Waals surface area contributed by atoms with Gasteiger partial charge in [-0.25, -0.2) is 4.99 Å². The first-order valence-electron chi connectivity index (χ1n) is 2.91. The lowest BCUT2D eigenvalue weighted by molar-refractivity contribution is -0.112. The van der Waals surface area contributed by atoms with Crippen LogP contribution in [-0.4, -0.2) is 24.3 Å². The van der Waals surface area contributed by atoms with Gasteiger partial charge in [0, 0.05) is 6.92 Å². The number of nitrogens with zero attached hydrogens (tertiary/aromatic N) is 1. The van der Waals surface area contributed by atoms with Gasteiger partial charge >= 0.3 is 0 Å². The Balaban J connectivity index is 2.62. The van der Waals surface area contributed by atoms with Crippen LogP contribution in [0.1, 0.15) is 13.8 Å². The number of ether oxygens (including phenoxy) is 1. The zero-order valence-corrected chi connectivity index (χ0v) is 5.55. The van der Waals surface area contributed by atoms with Crippen molar-refractivity contribution in [1.29, 1.82) is 0 Å². The lowest BCUT2D eigenvalue weighted by Gasteiger charge is -1.92. The van der Waals surface area contributed by atoms with Gasteiger partial charge in [-0.05, 0) is 6.92 Å². The van der Waals surface area contributed by atoms with Crippen LogP contribution in [-0.2, 0) is 9.53 Å². The monoisotopic (exact) mass is 127 g/mol. The molecule has 50 valence electrons. The van der Waals surface area contributed by atoms with Crippen LogP contribution in [0.2, 0.25) is 0 Å². The maximum atomic E-state index is 10.5. The number of Topliss-reactive ketones (excluding diaryl/α,β-unsaturated/α-hetero) is 1. The first-order valence-corrected chi connectivity index (χ1v) is 2.91. The van der Waals surface area contributed by atoms with Gasteiger partial charge in [0.2, 0.25) is 5.78 Å². The maximum absolute atomic E-state index is 10.5. The third-order valence-electron chi connectivity index (χ3n) is 1.10. The summed E-state index contributed by atoms with van der Waals surface area (Å²) >= 11 is 0. The lowest BCUT2D eigenvalue weighted by atomic mass is 10.4. The number of carbonyl (C=O) groups excluding carboxylic acids is 1. The Morgan fingerprint density at radius 3 is 2.78 bits per heavy atom. The summed E-state index contributed by atoms with van der Waals surface area (Å²) in [5.41, 5.74) is 0. The van der Waals surface area contributed by atoms with Crippen LogP contribution in [0.4, 0.5) is 0 Å². The van der Waals surface area contributed by atoms with Crippen molar-refractivity contribution in [2.75, 3.05) is 6.61 Å². The van der Waals surface area contributed by atoms with Gasteiger partial charge < -0.3 is 4.74 Å². The minimum atomic E-state index is -0.0839. The molecule has 3 nitrogen and oxygen atoms in total. The summed E-state index contributed by atoms with van der Waals surface area (Å²) in [7, 11) is 0. The fraction of sp³-hybridized carbons (Fsp3) is 0.667. The van der Waals surface area contributed by atoms with Crippen molar-refractivity contribution in [1.82, 2.24) is 0 Å². The molecular weight excluding hydrogens is 118 g/mol. The van der Waals surface area contributed by atoms with E-state index in [0.717, 1.165) is 0 Å². The molecule has 3 heteroatoms. The van der Waals surface area contributed by atoms with Crippen LogP contribution in [0.3, 0.4) is 0 Å². The summed E-state index contributed by atoms with van der Waals surface area (Å²) in [6, 6.07) is 0.156. The summed E-state index contributed by atoms with van der Waals surface area (Å²) < 4.78 is 4.93. The molecular formula is C6H9NO2. The molecule has 0 aliphatic carbocycles. The van der Waals surface area contributed by atoms with E-state index in [1.165, 1.54) is 6.92 Å². The molecule has 1 atom stereocenters. The fourth-order valence-electron chi connectivity index (χ4n) is 0.667. The van der Waals surface area contributed by atoms with E-state index in [4.69, 9.17) is 4.74 Å². The van der Waals surface area contributed by atoms with Crippen LogP contribution < -0.4 is 0 Å². The van der Waals surface area contributed by atoms with E-state index >= 15 is 0 Å². The van der Waals surface area contributed by atoms with Gasteiger partial charge in [0.25, 0.3) is 5.90 Å². The Kier molecular flexibility index (Phi) is 1.51. The highest BCUT2D eigenvalue weighted by atomic mass is 16.5. The number of aliphatic imine (C=N–C) groups is 1. The van der Waals surface area contributed by atoms with Crippen LogP contribution in [0.5, 0.6) is 0 Å². The Bertz CT molecular complexity index is 162. The number of hydrogen-bond donors (Lipinski definition) is 0. The van der Waals surface area contributed by atoms with Crippen molar-refractivity contribution in [3.8, 4) is 0 Å². The van der Waals surface area contributed by atoms with Gasteiger partial charge in [0.05, 0.1) is 6.04 Å². The van der Waals surface area contributed by atoms with Gasteiger partial charge in [0.1, 0.15) is 6.61 Å². The molecule has 0 saturated carbocycles. The van der Waals surface area contributed by atoms with Crippen LogP contribution >= 0.6 is 0 Å². The van der Waals surface area contributed by atoms with Crippen molar-refractivity contribution in [2.24, 2.45) is 4.99 Å². The van der Waals surface area contributed by atoms with Gasteiger partial charge in [0.15, 0.2) is 0 Å². The second-order valence-corrected chi connectivity index (χ2v) is 2.15. The fourth-order valence-corrected chi connectivity index (χ4v) is 0.667. The first-order chi connectivity index (χ1) is 4.20. The van der Waals surface area contributed by atoms with E-state index < -0.39 is 0 Å². The Morgan fingerprint density at radius 1 is 1.89 bits per heavy atom. The van der Waals surface area contributed by atoms with Gasteiger partial charge in [-0.15, -0.1) is 0 Å².